The van der Waals surface area contributed by atoms with Crippen molar-refractivity contribution in [2.45, 2.75) is 37.8 Å². The van der Waals surface area contributed by atoms with Crippen molar-refractivity contribution < 1.29 is 17.6 Å². The number of nitrogens with one attached hydrogen (secondary N) is 1. The summed E-state index contributed by atoms with van der Waals surface area (Å²) in [5.41, 5.74) is 5.23. The second-order valence-electron chi connectivity index (χ2n) is 5.52. The lowest BCUT2D eigenvalue weighted by Gasteiger charge is -2.31. The molecule has 1 atom stereocenters. The number of hydrogen-bond acceptors (Lipinski definition) is 5. The Morgan fingerprint density at radius 2 is 2.10 bits per heavy atom. The van der Waals surface area contributed by atoms with Crippen LogP contribution in [0, 0.1) is 5.92 Å². The van der Waals surface area contributed by atoms with Gasteiger partial charge in [-0.05, 0) is 19.3 Å². The van der Waals surface area contributed by atoms with E-state index >= 15 is 0 Å². The highest BCUT2D eigenvalue weighted by atomic mass is 32.2. The smallest absolute Gasteiger partial charge is 0.271 e. The molecule has 1 amide bonds. The van der Waals surface area contributed by atoms with Crippen LogP contribution in [0.5, 0.6) is 0 Å². The molecule has 0 spiro atoms. The van der Waals surface area contributed by atoms with E-state index in [0.717, 1.165) is 12.3 Å². The third-order valence-electron chi connectivity index (χ3n) is 2.84. The van der Waals surface area contributed by atoms with Gasteiger partial charge >= 0.3 is 0 Å². The molecule has 0 aliphatic carbocycles. The highest BCUT2D eigenvalue weighted by Gasteiger charge is 2.27. The average Bonchev–Trinajstić information content (AvgIpc) is 2.76. The normalized spacial score (nSPS) is 15.1. The van der Waals surface area contributed by atoms with Crippen LogP contribution in [0.4, 0.5) is 0 Å². The molecule has 0 saturated carbocycles. The van der Waals surface area contributed by atoms with Crippen LogP contribution in [0.3, 0.4) is 0 Å². The maximum absolute atomic E-state index is 12.1. The number of amides is 1. The van der Waals surface area contributed by atoms with Crippen molar-refractivity contribution in [3.05, 3.63) is 17.9 Å². The summed E-state index contributed by atoms with van der Waals surface area (Å²) < 4.78 is 27.0. The van der Waals surface area contributed by atoms with Gasteiger partial charge in [-0.15, -0.1) is 0 Å². The fourth-order valence-electron chi connectivity index (χ4n) is 2.02. The number of carbonyl (C=O) groups excluding carboxylic acids is 1. The van der Waals surface area contributed by atoms with Crippen LogP contribution < -0.4 is 16.2 Å². The lowest BCUT2D eigenvalue weighted by atomic mass is 9.90. The van der Waals surface area contributed by atoms with Gasteiger partial charge in [-0.25, -0.2) is 13.6 Å². The van der Waals surface area contributed by atoms with Crippen molar-refractivity contribution in [3.8, 4) is 0 Å². The molecule has 7 nitrogen and oxygen atoms in total. The van der Waals surface area contributed by atoms with E-state index in [-0.39, 0.29) is 12.1 Å². The van der Waals surface area contributed by atoms with Gasteiger partial charge in [0, 0.05) is 18.2 Å². The average molecular weight is 303 g/mol. The minimum Gasteiger partial charge on any atom is -0.451 e. The van der Waals surface area contributed by atoms with Gasteiger partial charge in [-0.1, -0.05) is 13.8 Å². The Morgan fingerprint density at radius 1 is 1.50 bits per heavy atom. The number of rotatable bonds is 6. The van der Waals surface area contributed by atoms with Crippen molar-refractivity contribution in [1.82, 2.24) is 5.32 Å². The molecule has 0 fully saturated rings. The van der Waals surface area contributed by atoms with Crippen molar-refractivity contribution >= 4 is 15.9 Å². The molecule has 1 aromatic heterocycles. The monoisotopic (exact) mass is 303 g/mol. The van der Waals surface area contributed by atoms with Crippen LogP contribution in [0.1, 0.15) is 37.6 Å². The zero-order valence-corrected chi connectivity index (χ0v) is 12.7. The van der Waals surface area contributed by atoms with E-state index in [0.29, 0.717) is 12.3 Å². The Hall–Kier alpha value is -1.38. The summed E-state index contributed by atoms with van der Waals surface area (Å²) in [6, 6.07) is 1.09. The Labute approximate surface area is 118 Å². The van der Waals surface area contributed by atoms with Crippen LogP contribution in [-0.2, 0) is 10.0 Å². The molecule has 0 aliphatic heterocycles. The van der Waals surface area contributed by atoms with Crippen LogP contribution in [0.2, 0.25) is 0 Å². The zero-order chi connectivity index (χ0) is 15.6. The van der Waals surface area contributed by atoms with Crippen LogP contribution in [0.15, 0.2) is 21.8 Å². The van der Waals surface area contributed by atoms with E-state index in [4.69, 9.17) is 15.3 Å². The van der Waals surface area contributed by atoms with E-state index in [1.165, 1.54) is 0 Å². The van der Waals surface area contributed by atoms with Gasteiger partial charge in [0.15, 0.2) is 0 Å². The lowest BCUT2D eigenvalue weighted by Crippen LogP contribution is -2.52. The number of sulfonamides is 1. The molecule has 1 rings (SSSR count). The maximum Gasteiger partial charge on any atom is 0.271 e. The first-order valence-electron chi connectivity index (χ1n) is 6.21. The van der Waals surface area contributed by atoms with Gasteiger partial charge in [0.25, 0.3) is 15.9 Å². The Balaban J connectivity index is 2.88. The predicted molar refractivity (Wildman–Crippen MR) is 74.5 cm³/mol. The highest BCUT2D eigenvalue weighted by molar-refractivity contribution is 7.89. The molecule has 8 heteroatoms. The Bertz CT molecular complexity index is 579. The summed E-state index contributed by atoms with van der Waals surface area (Å²) in [7, 11) is -3.96. The SMILES string of the molecule is CC(C)CC(C)(CN)NC(=O)c1coc(S(N)(=O)=O)c1. The predicted octanol–water partition coefficient (Wildman–Crippen LogP) is 0.420. The standard InChI is InChI=1S/C12H21N3O4S/c1-8(2)5-12(3,7-13)15-11(16)9-4-10(19-6-9)20(14,17)18/h4,6,8H,5,7,13H2,1-3H3,(H,15,16)(H2,14,17,18). The first-order valence-corrected chi connectivity index (χ1v) is 7.76. The largest absolute Gasteiger partial charge is 0.451 e. The molecule has 0 saturated heterocycles. The molecule has 0 aromatic carbocycles. The van der Waals surface area contributed by atoms with Crippen molar-refractivity contribution in [1.29, 1.82) is 0 Å². The van der Waals surface area contributed by atoms with Crippen molar-refractivity contribution in [2.24, 2.45) is 16.8 Å². The van der Waals surface area contributed by atoms with Gasteiger partial charge < -0.3 is 15.5 Å². The quantitative estimate of drug-likeness (QED) is 0.701. The Kier molecular flexibility index (Phi) is 4.95. The van der Waals surface area contributed by atoms with Crippen molar-refractivity contribution in [2.75, 3.05) is 6.54 Å². The van der Waals surface area contributed by atoms with Gasteiger partial charge in [0.2, 0.25) is 5.09 Å². The topological polar surface area (TPSA) is 128 Å². The van der Waals surface area contributed by atoms with Crippen LogP contribution >= 0.6 is 0 Å². The third kappa shape index (κ3) is 4.32. The second kappa shape index (κ2) is 5.94. The van der Waals surface area contributed by atoms with Gasteiger partial charge in [0.1, 0.15) is 6.26 Å². The minimum atomic E-state index is -3.96. The second-order valence-corrected chi connectivity index (χ2v) is 7.01. The number of primary sulfonamides is 1. The molecular weight excluding hydrogens is 282 g/mol. The van der Waals surface area contributed by atoms with Gasteiger partial charge in [-0.2, -0.15) is 0 Å². The lowest BCUT2D eigenvalue weighted by molar-refractivity contribution is 0.0897. The zero-order valence-electron chi connectivity index (χ0n) is 11.8. The third-order valence-corrected chi connectivity index (χ3v) is 3.62. The molecular formula is C12H21N3O4S. The maximum atomic E-state index is 12.1. The molecule has 114 valence electrons. The summed E-state index contributed by atoms with van der Waals surface area (Å²) in [4.78, 5) is 12.1. The van der Waals surface area contributed by atoms with E-state index < -0.39 is 26.6 Å². The molecule has 20 heavy (non-hydrogen) atoms. The fraction of sp³-hybridized carbons (Fsp3) is 0.583. The number of carbonyl (C=O) groups is 1. The summed E-state index contributed by atoms with van der Waals surface area (Å²) in [6.07, 6.45) is 1.76. The molecule has 5 N–H and O–H groups in total. The first-order chi connectivity index (χ1) is 9.07. The fourth-order valence-corrected chi connectivity index (χ4v) is 2.49. The van der Waals surface area contributed by atoms with E-state index in [1.807, 2.05) is 20.8 Å². The van der Waals surface area contributed by atoms with Gasteiger partial charge in [0.05, 0.1) is 5.56 Å². The molecule has 1 aromatic rings. The summed E-state index contributed by atoms with van der Waals surface area (Å²) >= 11 is 0. The molecule has 0 aliphatic rings. The highest BCUT2D eigenvalue weighted by Crippen LogP contribution is 2.18. The van der Waals surface area contributed by atoms with Crippen molar-refractivity contribution in [3.63, 3.8) is 0 Å². The number of hydrogen-bond donors (Lipinski definition) is 3. The molecule has 0 radical (unpaired) electrons. The van der Waals surface area contributed by atoms with Crippen LogP contribution in [0.25, 0.3) is 0 Å². The van der Waals surface area contributed by atoms with E-state index in [1.54, 1.807) is 0 Å². The first kappa shape index (κ1) is 16.7. The van der Waals surface area contributed by atoms with Crippen LogP contribution in [-0.4, -0.2) is 26.4 Å². The van der Waals surface area contributed by atoms with E-state index in [9.17, 15) is 13.2 Å². The molecule has 0 bridgehead atoms. The van der Waals surface area contributed by atoms with Gasteiger partial charge in [-0.3, -0.25) is 4.79 Å². The Morgan fingerprint density at radius 3 is 2.50 bits per heavy atom. The molecule has 1 heterocycles. The summed E-state index contributed by atoms with van der Waals surface area (Å²) in [5.74, 6) is -0.0922. The molecule has 1 unspecified atom stereocenters. The number of furan rings is 1. The minimum absolute atomic E-state index is 0.0949. The summed E-state index contributed by atoms with van der Waals surface area (Å²) in [6.45, 7) is 6.16. The number of nitrogens with two attached hydrogens (primary N) is 2. The van der Waals surface area contributed by atoms with E-state index in [2.05, 4.69) is 5.32 Å². The summed E-state index contributed by atoms with van der Waals surface area (Å²) in [5, 5.41) is 7.27.